The van der Waals surface area contributed by atoms with Gasteiger partial charge in [-0.1, -0.05) is 6.92 Å². The van der Waals surface area contributed by atoms with Gasteiger partial charge in [-0.05, 0) is 6.42 Å². The Labute approximate surface area is 111 Å². The highest BCUT2D eigenvalue weighted by Crippen LogP contribution is 2.10. The molecule has 0 unspecified atom stereocenters. The molecule has 1 aromatic rings. The lowest BCUT2D eigenvalue weighted by Crippen LogP contribution is -2.41. The molecule has 1 fully saturated rings. The van der Waals surface area contributed by atoms with Crippen LogP contribution in [-0.2, 0) is 22.5 Å². The van der Waals surface area contributed by atoms with Gasteiger partial charge in [-0.3, -0.25) is 4.79 Å². The van der Waals surface area contributed by atoms with E-state index in [1.165, 1.54) is 0 Å². The first-order valence-corrected chi connectivity index (χ1v) is 7.18. The number of thiazole rings is 1. The van der Waals surface area contributed by atoms with Gasteiger partial charge in [0.15, 0.2) is 0 Å². The van der Waals surface area contributed by atoms with Gasteiger partial charge in [0.2, 0.25) is 5.91 Å². The number of nitrogens with zero attached hydrogens (tertiary/aromatic N) is 1. The highest BCUT2D eigenvalue weighted by atomic mass is 32.1. The van der Waals surface area contributed by atoms with E-state index < -0.39 is 0 Å². The smallest absolute Gasteiger partial charge is 0.223 e. The van der Waals surface area contributed by atoms with Gasteiger partial charge >= 0.3 is 0 Å². The van der Waals surface area contributed by atoms with E-state index in [9.17, 15) is 4.79 Å². The summed E-state index contributed by atoms with van der Waals surface area (Å²) in [6.07, 6.45) is 1.35. The van der Waals surface area contributed by atoms with Crippen molar-refractivity contribution in [2.45, 2.75) is 32.4 Å². The number of hydrogen-bond acceptors (Lipinski definition) is 5. The van der Waals surface area contributed by atoms with Crippen LogP contribution in [0.15, 0.2) is 5.38 Å². The first-order chi connectivity index (χ1) is 8.78. The zero-order valence-corrected chi connectivity index (χ0v) is 11.4. The van der Waals surface area contributed by atoms with E-state index in [0.29, 0.717) is 19.6 Å². The number of aromatic nitrogens is 1. The van der Waals surface area contributed by atoms with Crippen molar-refractivity contribution in [1.82, 2.24) is 15.6 Å². The van der Waals surface area contributed by atoms with Gasteiger partial charge in [-0.25, -0.2) is 4.98 Å². The molecule has 0 saturated carbocycles. The van der Waals surface area contributed by atoms with Crippen LogP contribution in [0.3, 0.4) is 0 Å². The van der Waals surface area contributed by atoms with Gasteiger partial charge in [-0.15, -0.1) is 11.3 Å². The summed E-state index contributed by atoms with van der Waals surface area (Å²) in [6, 6.07) is 0. The average molecular weight is 269 g/mol. The van der Waals surface area contributed by atoms with Crippen LogP contribution in [0.4, 0.5) is 0 Å². The minimum Gasteiger partial charge on any atom is -0.375 e. The Bertz CT molecular complexity index is 388. The van der Waals surface area contributed by atoms with Gasteiger partial charge in [0.25, 0.3) is 0 Å². The topological polar surface area (TPSA) is 63.2 Å². The van der Waals surface area contributed by atoms with Crippen LogP contribution in [0.1, 0.15) is 24.0 Å². The highest BCUT2D eigenvalue weighted by molar-refractivity contribution is 7.09. The van der Waals surface area contributed by atoms with Gasteiger partial charge in [0.05, 0.1) is 31.4 Å². The molecule has 0 spiro atoms. The summed E-state index contributed by atoms with van der Waals surface area (Å²) in [6.45, 7) is 4.90. The number of rotatable bonds is 5. The van der Waals surface area contributed by atoms with E-state index in [4.69, 9.17) is 4.74 Å². The normalized spacial score (nSPS) is 19.7. The van der Waals surface area contributed by atoms with E-state index in [0.717, 1.165) is 30.2 Å². The second kappa shape index (κ2) is 6.82. The van der Waals surface area contributed by atoms with Crippen molar-refractivity contribution in [3.8, 4) is 0 Å². The Morgan fingerprint density at radius 2 is 2.61 bits per heavy atom. The summed E-state index contributed by atoms with van der Waals surface area (Å²) in [5.74, 6) is 0.0250. The van der Waals surface area contributed by atoms with E-state index in [2.05, 4.69) is 22.5 Å². The van der Waals surface area contributed by atoms with Crippen molar-refractivity contribution >= 4 is 17.2 Å². The van der Waals surface area contributed by atoms with Crippen molar-refractivity contribution in [3.63, 3.8) is 0 Å². The van der Waals surface area contributed by atoms with E-state index >= 15 is 0 Å². The molecule has 5 nitrogen and oxygen atoms in total. The lowest BCUT2D eigenvalue weighted by atomic mass is 10.2. The number of ether oxygens (including phenoxy) is 1. The number of amides is 1. The Hall–Kier alpha value is -0.980. The van der Waals surface area contributed by atoms with Crippen LogP contribution in [-0.4, -0.2) is 36.7 Å². The Morgan fingerprint density at radius 1 is 1.72 bits per heavy atom. The summed E-state index contributed by atoms with van der Waals surface area (Å²) in [7, 11) is 0. The maximum atomic E-state index is 11.7. The molecule has 2 heterocycles. The minimum absolute atomic E-state index is 0.00116. The average Bonchev–Trinajstić information content (AvgIpc) is 2.85. The van der Waals surface area contributed by atoms with Gasteiger partial charge in [-0.2, -0.15) is 0 Å². The van der Waals surface area contributed by atoms with Gasteiger partial charge in [0, 0.05) is 18.5 Å². The zero-order chi connectivity index (χ0) is 12.8. The second-order valence-corrected chi connectivity index (χ2v) is 5.21. The zero-order valence-electron chi connectivity index (χ0n) is 10.6. The molecule has 1 aromatic heterocycles. The van der Waals surface area contributed by atoms with E-state index in [1.807, 2.05) is 5.38 Å². The molecule has 6 heteroatoms. The van der Waals surface area contributed by atoms with Crippen molar-refractivity contribution in [2.24, 2.45) is 0 Å². The number of morpholine rings is 1. The summed E-state index contributed by atoms with van der Waals surface area (Å²) >= 11 is 1.59. The molecule has 0 aliphatic carbocycles. The molecular formula is C12H19N3O2S. The third-order valence-corrected chi connectivity index (χ3v) is 3.71. The maximum absolute atomic E-state index is 11.7. The number of carbonyl (C=O) groups is 1. The maximum Gasteiger partial charge on any atom is 0.223 e. The van der Waals surface area contributed by atoms with Crippen LogP contribution in [0.2, 0.25) is 0 Å². The predicted octanol–water partition coefficient (Wildman–Crippen LogP) is 0.700. The standard InChI is InChI=1S/C12H19N3O2S/c1-2-9-8-18-12(15-9)7-14-11(16)5-10-6-13-3-4-17-10/h8,10,13H,2-7H2,1H3,(H,14,16)/t10-/m0/s1. The lowest BCUT2D eigenvalue weighted by Gasteiger charge is -2.22. The van der Waals surface area contributed by atoms with Gasteiger partial charge in [0.1, 0.15) is 5.01 Å². The number of hydrogen-bond donors (Lipinski definition) is 2. The molecule has 2 N–H and O–H groups in total. The molecule has 2 rings (SSSR count). The van der Waals surface area contributed by atoms with Gasteiger partial charge < -0.3 is 15.4 Å². The first kappa shape index (κ1) is 13.5. The monoisotopic (exact) mass is 269 g/mol. The molecule has 18 heavy (non-hydrogen) atoms. The fourth-order valence-corrected chi connectivity index (χ4v) is 2.61. The Kier molecular flexibility index (Phi) is 5.10. The quantitative estimate of drug-likeness (QED) is 0.826. The van der Waals surface area contributed by atoms with Crippen LogP contribution in [0, 0.1) is 0 Å². The van der Waals surface area contributed by atoms with Crippen LogP contribution in [0.25, 0.3) is 0 Å². The largest absolute Gasteiger partial charge is 0.375 e. The third kappa shape index (κ3) is 4.04. The molecule has 1 atom stereocenters. The highest BCUT2D eigenvalue weighted by Gasteiger charge is 2.17. The minimum atomic E-state index is 0.00116. The van der Waals surface area contributed by atoms with E-state index in [-0.39, 0.29) is 12.0 Å². The molecule has 0 radical (unpaired) electrons. The number of carbonyl (C=O) groups excluding carboxylic acids is 1. The van der Waals surface area contributed by atoms with Crippen molar-refractivity contribution in [3.05, 3.63) is 16.1 Å². The fourth-order valence-electron chi connectivity index (χ4n) is 1.80. The van der Waals surface area contributed by atoms with Crippen molar-refractivity contribution < 1.29 is 9.53 Å². The Balaban J connectivity index is 1.70. The predicted molar refractivity (Wildman–Crippen MR) is 70.6 cm³/mol. The molecule has 1 saturated heterocycles. The Morgan fingerprint density at radius 3 is 3.28 bits per heavy atom. The fraction of sp³-hybridized carbons (Fsp3) is 0.667. The molecule has 1 aliphatic rings. The lowest BCUT2D eigenvalue weighted by molar-refractivity contribution is -0.124. The van der Waals surface area contributed by atoms with Crippen molar-refractivity contribution in [1.29, 1.82) is 0 Å². The molecule has 0 aromatic carbocycles. The number of aryl methyl sites for hydroxylation is 1. The van der Waals surface area contributed by atoms with Crippen LogP contribution in [0.5, 0.6) is 0 Å². The summed E-state index contributed by atoms with van der Waals surface area (Å²) in [4.78, 5) is 16.1. The summed E-state index contributed by atoms with van der Waals surface area (Å²) in [5, 5.41) is 9.09. The third-order valence-electron chi connectivity index (χ3n) is 2.82. The van der Waals surface area contributed by atoms with Crippen LogP contribution >= 0.6 is 11.3 Å². The molecule has 1 amide bonds. The second-order valence-electron chi connectivity index (χ2n) is 4.26. The summed E-state index contributed by atoms with van der Waals surface area (Å²) in [5.41, 5.74) is 1.09. The molecule has 1 aliphatic heterocycles. The molecule has 0 bridgehead atoms. The summed E-state index contributed by atoms with van der Waals surface area (Å²) < 4.78 is 5.49. The molecular weight excluding hydrogens is 250 g/mol. The van der Waals surface area contributed by atoms with E-state index in [1.54, 1.807) is 11.3 Å². The van der Waals surface area contributed by atoms with Crippen LogP contribution < -0.4 is 10.6 Å². The first-order valence-electron chi connectivity index (χ1n) is 6.30. The van der Waals surface area contributed by atoms with Crippen molar-refractivity contribution in [2.75, 3.05) is 19.7 Å². The molecule has 100 valence electrons. The SMILES string of the molecule is CCc1csc(CNC(=O)C[C@H]2CNCCO2)n1. The number of nitrogens with one attached hydrogen (secondary N) is 2.